The molecular formula is C14H20N2O3. The van der Waals surface area contributed by atoms with Crippen molar-refractivity contribution in [2.24, 2.45) is 0 Å². The molecule has 0 fully saturated rings. The number of carbonyl (C=O) groups is 1. The Bertz CT molecular complexity index is 444. The van der Waals surface area contributed by atoms with Crippen LogP contribution in [0.1, 0.15) is 32.8 Å². The largest absolute Gasteiger partial charge is 0.489 e. The summed E-state index contributed by atoms with van der Waals surface area (Å²) in [4.78, 5) is 14.5. The first-order chi connectivity index (χ1) is 8.97. The van der Waals surface area contributed by atoms with Crippen molar-refractivity contribution < 1.29 is 14.6 Å². The van der Waals surface area contributed by atoms with E-state index in [1.807, 2.05) is 39.0 Å². The van der Waals surface area contributed by atoms with Crippen LogP contribution in [-0.2, 0) is 0 Å². The van der Waals surface area contributed by atoms with Gasteiger partial charge in [0, 0.05) is 12.2 Å². The van der Waals surface area contributed by atoms with Gasteiger partial charge in [-0.05, 0) is 38.8 Å². The predicted molar refractivity (Wildman–Crippen MR) is 74.3 cm³/mol. The molecule has 5 nitrogen and oxygen atoms in total. The lowest BCUT2D eigenvalue weighted by atomic mass is 10.2. The molecule has 1 amide bonds. The number of amides is 1. The average molecular weight is 264 g/mol. The second-order valence-electron chi connectivity index (χ2n) is 4.61. The Morgan fingerprint density at radius 3 is 2.84 bits per heavy atom. The van der Waals surface area contributed by atoms with Crippen molar-refractivity contribution >= 4 is 12.2 Å². The number of ether oxygens (including phenoxy) is 1. The van der Waals surface area contributed by atoms with Gasteiger partial charge in [-0.3, -0.25) is 4.98 Å². The van der Waals surface area contributed by atoms with Crippen molar-refractivity contribution in [1.82, 2.24) is 10.3 Å². The SMILES string of the molecule is CC(C)Oc1cncc(/C=C/C[C@H](C)NC(=O)O)c1. The minimum atomic E-state index is -1.00. The van der Waals surface area contributed by atoms with Crippen LogP contribution in [0, 0.1) is 0 Å². The highest BCUT2D eigenvalue weighted by atomic mass is 16.5. The molecule has 1 rings (SSSR count). The molecule has 0 aliphatic heterocycles. The number of carboxylic acid groups (broad SMARTS) is 1. The molecule has 1 aromatic rings. The lowest BCUT2D eigenvalue weighted by Gasteiger charge is -2.09. The molecule has 0 spiro atoms. The van der Waals surface area contributed by atoms with Gasteiger partial charge in [-0.2, -0.15) is 0 Å². The first kappa shape index (κ1) is 15.0. The van der Waals surface area contributed by atoms with E-state index in [4.69, 9.17) is 9.84 Å². The summed E-state index contributed by atoms with van der Waals surface area (Å²) in [6.45, 7) is 5.73. The highest BCUT2D eigenvalue weighted by Crippen LogP contribution is 2.14. The third kappa shape index (κ3) is 6.45. The van der Waals surface area contributed by atoms with Crippen LogP contribution < -0.4 is 10.1 Å². The Morgan fingerprint density at radius 1 is 1.47 bits per heavy atom. The molecule has 0 saturated heterocycles. The number of nitrogens with one attached hydrogen (secondary N) is 1. The number of hydrogen-bond acceptors (Lipinski definition) is 3. The van der Waals surface area contributed by atoms with E-state index in [0.29, 0.717) is 6.42 Å². The predicted octanol–water partition coefficient (Wildman–Crippen LogP) is 2.93. The van der Waals surface area contributed by atoms with Crippen molar-refractivity contribution in [2.75, 3.05) is 0 Å². The highest BCUT2D eigenvalue weighted by molar-refractivity contribution is 5.64. The fourth-order valence-corrected chi connectivity index (χ4v) is 1.54. The quantitative estimate of drug-likeness (QED) is 0.828. The Balaban J connectivity index is 2.54. The highest BCUT2D eigenvalue weighted by Gasteiger charge is 2.02. The van der Waals surface area contributed by atoms with E-state index in [2.05, 4.69) is 10.3 Å². The summed E-state index contributed by atoms with van der Waals surface area (Å²) in [6.07, 6.45) is 6.96. The fourth-order valence-electron chi connectivity index (χ4n) is 1.54. The minimum absolute atomic E-state index is 0.112. The molecular weight excluding hydrogens is 244 g/mol. The third-order valence-electron chi connectivity index (χ3n) is 2.28. The van der Waals surface area contributed by atoms with Crippen LogP contribution >= 0.6 is 0 Å². The van der Waals surface area contributed by atoms with Gasteiger partial charge in [-0.1, -0.05) is 12.2 Å². The van der Waals surface area contributed by atoms with E-state index in [1.54, 1.807) is 12.4 Å². The summed E-state index contributed by atoms with van der Waals surface area (Å²) in [7, 11) is 0. The lowest BCUT2D eigenvalue weighted by Crippen LogP contribution is -2.30. The number of rotatable bonds is 6. The minimum Gasteiger partial charge on any atom is -0.489 e. The molecule has 19 heavy (non-hydrogen) atoms. The Labute approximate surface area is 113 Å². The fraction of sp³-hybridized carbons (Fsp3) is 0.429. The molecule has 2 N–H and O–H groups in total. The summed E-state index contributed by atoms with van der Waals surface area (Å²) in [6, 6.07) is 1.79. The summed E-state index contributed by atoms with van der Waals surface area (Å²) < 4.78 is 5.55. The van der Waals surface area contributed by atoms with Gasteiger partial charge in [0.25, 0.3) is 0 Å². The van der Waals surface area contributed by atoms with E-state index in [-0.39, 0.29) is 12.1 Å². The van der Waals surface area contributed by atoms with Crippen LogP contribution in [0.25, 0.3) is 6.08 Å². The maximum Gasteiger partial charge on any atom is 0.404 e. The number of nitrogens with zero attached hydrogens (tertiary/aromatic N) is 1. The van der Waals surface area contributed by atoms with E-state index in [0.717, 1.165) is 11.3 Å². The van der Waals surface area contributed by atoms with Gasteiger partial charge < -0.3 is 15.2 Å². The topological polar surface area (TPSA) is 71.5 Å². The van der Waals surface area contributed by atoms with Crippen molar-refractivity contribution in [2.45, 2.75) is 39.3 Å². The van der Waals surface area contributed by atoms with Gasteiger partial charge >= 0.3 is 6.09 Å². The normalized spacial score (nSPS) is 12.6. The van der Waals surface area contributed by atoms with Crippen LogP contribution in [0.4, 0.5) is 4.79 Å². The van der Waals surface area contributed by atoms with E-state index < -0.39 is 6.09 Å². The van der Waals surface area contributed by atoms with Gasteiger partial charge in [0.15, 0.2) is 0 Å². The molecule has 0 aliphatic carbocycles. The smallest absolute Gasteiger partial charge is 0.404 e. The van der Waals surface area contributed by atoms with Crippen LogP contribution in [0.15, 0.2) is 24.5 Å². The molecule has 0 aromatic carbocycles. The maximum atomic E-state index is 10.4. The molecule has 0 aliphatic rings. The zero-order valence-corrected chi connectivity index (χ0v) is 11.5. The first-order valence-corrected chi connectivity index (χ1v) is 6.25. The second-order valence-corrected chi connectivity index (χ2v) is 4.61. The summed E-state index contributed by atoms with van der Waals surface area (Å²) >= 11 is 0. The summed E-state index contributed by atoms with van der Waals surface area (Å²) in [5, 5.41) is 11.0. The molecule has 104 valence electrons. The van der Waals surface area contributed by atoms with E-state index in [1.165, 1.54) is 0 Å². The van der Waals surface area contributed by atoms with Gasteiger partial charge in [0.1, 0.15) is 5.75 Å². The van der Waals surface area contributed by atoms with Gasteiger partial charge in [-0.25, -0.2) is 4.79 Å². The monoisotopic (exact) mass is 264 g/mol. The Morgan fingerprint density at radius 2 is 2.21 bits per heavy atom. The van der Waals surface area contributed by atoms with Crippen molar-refractivity contribution in [3.63, 3.8) is 0 Å². The maximum absolute atomic E-state index is 10.4. The van der Waals surface area contributed by atoms with Crippen LogP contribution in [0.3, 0.4) is 0 Å². The van der Waals surface area contributed by atoms with Crippen LogP contribution in [0.5, 0.6) is 5.75 Å². The van der Waals surface area contributed by atoms with Crippen LogP contribution in [-0.4, -0.2) is 28.3 Å². The Hall–Kier alpha value is -2.04. The molecule has 5 heteroatoms. The lowest BCUT2D eigenvalue weighted by molar-refractivity contribution is 0.191. The van der Waals surface area contributed by atoms with Crippen molar-refractivity contribution in [3.8, 4) is 5.75 Å². The van der Waals surface area contributed by atoms with Gasteiger partial charge in [-0.15, -0.1) is 0 Å². The Kier molecular flexibility index (Phi) is 5.85. The first-order valence-electron chi connectivity index (χ1n) is 6.25. The zero-order valence-electron chi connectivity index (χ0n) is 11.5. The third-order valence-corrected chi connectivity index (χ3v) is 2.28. The molecule has 0 saturated carbocycles. The second kappa shape index (κ2) is 7.41. The summed E-state index contributed by atoms with van der Waals surface area (Å²) in [5.74, 6) is 0.730. The van der Waals surface area contributed by atoms with Crippen molar-refractivity contribution in [3.05, 3.63) is 30.1 Å². The number of hydrogen-bond donors (Lipinski definition) is 2. The molecule has 0 unspecified atom stereocenters. The van der Waals surface area contributed by atoms with E-state index >= 15 is 0 Å². The van der Waals surface area contributed by atoms with Crippen LogP contribution in [0.2, 0.25) is 0 Å². The summed E-state index contributed by atoms with van der Waals surface area (Å²) in [5.41, 5.74) is 0.931. The standard InChI is InChI=1S/C14H20N2O3/c1-10(2)19-13-7-12(8-15-9-13)6-4-5-11(3)16-14(17)18/h4,6-11,16H,5H2,1-3H3,(H,17,18)/b6-4+/t11-/m0/s1. The molecule has 1 atom stereocenters. The van der Waals surface area contributed by atoms with Crippen molar-refractivity contribution in [1.29, 1.82) is 0 Å². The molecule has 1 heterocycles. The van der Waals surface area contributed by atoms with Gasteiger partial charge in [0.05, 0.1) is 12.3 Å². The average Bonchev–Trinajstić information content (AvgIpc) is 2.27. The molecule has 0 bridgehead atoms. The van der Waals surface area contributed by atoms with Gasteiger partial charge in [0.2, 0.25) is 0 Å². The zero-order chi connectivity index (χ0) is 14.3. The van der Waals surface area contributed by atoms with E-state index in [9.17, 15) is 4.79 Å². The molecule has 0 radical (unpaired) electrons. The molecule has 1 aromatic heterocycles. The number of pyridine rings is 1. The number of aromatic nitrogens is 1.